The third-order valence-electron chi connectivity index (χ3n) is 5.65. The van der Waals surface area contributed by atoms with E-state index in [4.69, 9.17) is 20.0 Å². The molecule has 0 aromatic carbocycles. The van der Waals surface area contributed by atoms with Crippen LogP contribution in [0.2, 0.25) is 0 Å². The predicted molar refractivity (Wildman–Crippen MR) is 138 cm³/mol. The number of hydrogen-bond donors (Lipinski definition) is 2. The number of amides is 2. The monoisotopic (exact) mass is 564 g/mol. The minimum atomic E-state index is -0.947. The van der Waals surface area contributed by atoms with Crippen molar-refractivity contribution in [2.45, 2.75) is 63.3 Å². The summed E-state index contributed by atoms with van der Waals surface area (Å²) in [4.78, 5) is 61.6. The molecule has 1 saturated heterocycles. The van der Waals surface area contributed by atoms with Crippen LogP contribution in [-0.2, 0) is 33.5 Å². The van der Waals surface area contributed by atoms with E-state index in [0.717, 1.165) is 24.4 Å². The van der Waals surface area contributed by atoms with E-state index in [1.54, 1.807) is 26.8 Å². The van der Waals surface area contributed by atoms with Gasteiger partial charge in [0.25, 0.3) is 11.8 Å². The second kappa shape index (κ2) is 11.1. The number of esters is 2. The maximum Gasteiger partial charge on any atom is 0.357 e. The number of allylic oxidation sites excluding steroid dienone is 1. The molecule has 4 atom stereocenters. The quantitative estimate of drug-likeness (QED) is 0.116. The Morgan fingerprint density at radius 3 is 2.68 bits per heavy atom. The number of fused-ring (bicyclic) bond motifs is 1. The van der Waals surface area contributed by atoms with Gasteiger partial charge in [-0.1, -0.05) is 11.2 Å². The smallest absolute Gasteiger partial charge is 0.357 e. The summed E-state index contributed by atoms with van der Waals surface area (Å²) >= 11 is 2.28. The molecule has 0 spiro atoms. The molecule has 3 heterocycles. The summed E-state index contributed by atoms with van der Waals surface area (Å²) in [7, 11) is 0. The second-order valence-electron chi connectivity index (χ2n) is 9.72. The average molecular weight is 565 g/mol. The van der Waals surface area contributed by atoms with Crippen molar-refractivity contribution in [2.24, 2.45) is 10.6 Å². The lowest BCUT2D eigenvalue weighted by Crippen LogP contribution is -2.71. The molecule has 3 aliphatic rings. The number of carbonyl (C=O) groups is 4. The van der Waals surface area contributed by atoms with Gasteiger partial charge in [0.2, 0.25) is 18.3 Å². The molecule has 4 rings (SSSR count). The van der Waals surface area contributed by atoms with Crippen molar-refractivity contribution in [3.05, 3.63) is 29.7 Å². The van der Waals surface area contributed by atoms with Gasteiger partial charge in [-0.25, -0.2) is 4.79 Å². The minimum Gasteiger partial charge on any atom is -0.427 e. The molecular formula is C23H28N6O7S2. The van der Waals surface area contributed by atoms with Crippen LogP contribution in [0.4, 0.5) is 5.13 Å². The summed E-state index contributed by atoms with van der Waals surface area (Å²) in [6.45, 7) is 6.27. The Kier molecular flexibility index (Phi) is 8.06. The van der Waals surface area contributed by atoms with Gasteiger partial charge in [-0.05, 0) is 52.7 Å². The van der Waals surface area contributed by atoms with E-state index in [-0.39, 0.29) is 33.7 Å². The second-order valence-corrected chi connectivity index (χ2v) is 12.0. The summed E-state index contributed by atoms with van der Waals surface area (Å²) in [5, 5.41) is 6.03. The fourth-order valence-electron chi connectivity index (χ4n) is 3.69. The number of nitrogens with one attached hydrogen (secondary N) is 1. The van der Waals surface area contributed by atoms with E-state index in [0.29, 0.717) is 0 Å². The highest BCUT2D eigenvalue weighted by atomic mass is 32.2. The first-order valence-corrected chi connectivity index (χ1v) is 13.5. The lowest BCUT2D eigenvalue weighted by atomic mass is 9.98. The van der Waals surface area contributed by atoms with Crippen LogP contribution < -0.4 is 11.1 Å². The summed E-state index contributed by atoms with van der Waals surface area (Å²) in [6.07, 6.45) is 6.65. The summed E-state index contributed by atoms with van der Waals surface area (Å²) < 4.78 is 14.1. The number of rotatable bonds is 8. The van der Waals surface area contributed by atoms with E-state index in [2.05, 4.69) is 19.8 Å². The molecule has 1 aliphatic carbocycles. The van der Waals surface area contributed by atoms with Crippen molar-refractivity contribution in [1.29, 1.82) is 0 Å². The van der Waals surface area contributed by atoms with E-state index < -0.39 is 47.4 Å². The average Bonchev–Trinajstić information content (AvgIpc) is 3.53. The molecule has 15 heteroatoms. The van der Waals surface area contributed by atoms with Crippen LogP contribution in [0.15, 0.2) is 29.1 Å². The summed E-state index contributed by atoms with van der Waals surface area (Å²) in [5.74, 6) is -2.60. The van der Waals surface area contributed by atoms with E-state index in [1.165, 1.54) is 16.7 Å². The van der Waals surface area contributed by atoms with Crippen LogP contribution in [-0.4, -0.2) is 73.3 Å². The van der Waals surface area contributed by atoms with Gasteiger partial charge in [0.1, 0.15) is 23.2 Å². The maximum atomic E-state index is 13.2. The molecule has 204 valence electrons. The Hall–Kier alpha value is -3.46. The topological polar surface area (TPSA) is 175 Å². The predicted octanol–water partition coefficient (Wildman–Crippen LogP) is 1.32. The van der Waals surface area contributed by atoms with Gasteiger partial charge < -0.3 is 25.4 Å². The first-order valence-electron chi connectivity index (χ1n) is 11.8. The number of nitrogens with zero attached hydrogens (tertiary/aromatic N) is 4. The largest absolute Gasteiger partial charge is 0.427 e. The SMILES string of the molecule is CC1C=C(C(=O)OCOC(=O)C(C)(C)C)N2C(=O)C(NC(=O)/C(=N\OC3C=CCC3)c3nsc(N)n3)[C@H]2S1. The molecule has 1 fully saturated rings. The zero-order valence-electron chi connectivity index (χ0n) is 21.2. The number of ether oxygens (including phenoxy) is 2. The zero-order chi connectivity index (χ0) is 27.6. The standard InChI is InChI=1S/C23H28N6O7S2/c1-11-9-13(20(32)34-10-35-21(33)23(2,3)4)29-18(31)15(19(29)37-11)25-17(30)14(16-26-22(24)38-28-16)27-36-12-7-5-6-8-12/h5,7,9,11-12,15,19H,6,8,10H2,1-4H3,(H,25,30)(H2,24,26,28)/b27-14-/t11?,12?,15?,19-/m1/s1. The van der Waals surface area contributed by atoms with Crippen LogP contribution in [0.3, 0.4) is 0 Å². The van der Waals surface area contributed by atoms with Gasteiger partial charge in [0.05, 0.1) is 5.41 Å². The molecular weight excluding hydrogens is 536 g/mol. The Balaban J connectivity index is 1.42. The number of thioether (sulfide) groups is 1. The Labute approximate surface area is 227 Å². The molecule has 3 unspecified atom stereocenters. The number of aromatic nitrogens is 2. The van der Waals surface area contributed by atoms with Crippen LogP contribution in [0.25, 0.3) is 0 Å². The number of oxime groups is 1. The van der Waals surface area contributed by atoms with Gasteiger partial charge in [0.15, 0.2) is 5.13 Å². The number of β-lactam (4-membered cyclic amide) rings is 1. The molecule has 0 bridgehead atoms. The fraction of sp³-hybridized carbons (Fsp3) is 0.522. The van der Waals surface area contributed by atoms with Crippen molar-refractivity contribution < 1.29 is 33.5 Å². The van der Waals surface area contributed by atoms with Gasteiger partial charge in [-0.2, -0.15) is 9.36 Å². The van der Waals surface area contributed by atoms with E-state index in [1.807, 2.05) is 19.1 Å². The number of nitrogen functional groups attached to an aromatic ring is 1. The molecule has 1 aromatic rings. The molecule has 0 radical (unpaired) electrons. The third kappa shape index (κ3) is 5.99. The Morgan fingerprint density at radius 2 is 2.05 bits per heavy atom. The lowest BCUT2D eigenvalue weighted by Gasteiger charge is -2.49. The van der Waals surface area contributed by atoms with Crippen LogP contribution in [0, 0.1) is 5.41 Å². The zero-order valence-corrected chi connectivity index (χ0v) is 22.8. The Bertz CT molecular complexity index is 1220. The molecule has 2 aliphatic heterocycles. The highest BCUT2D eigenvalue weighted by molar-refractivity contribution is 8.00. The number of carbonyl (C=O) groups excluding carboxylic acids is 4. The number of nitrogens with two attached hydrogens (primary N) is 1. The molecule has 38 heavy (non-hydrogen) atoms. The first-order chi connectivity index (χ1) is 18.0. The fourth-order valence-corrected chi connectivity index (χ4v) is 5.45. The highest BCUT2D eigenvalue weighted by Crippen LogP contribution is 2.41. The van der Waals surface area contributed by atoms with Gasteiger partial charge in [-0.15, -0.1) is 11.8 Å². The van der Waals surface area contributed by atoms with Crippen molar-refractivity contribution in [3.63, 3.8) is 0 Å². The maximum absolute atomic E-state index is 13.2. The molecule has 0 saturated carbocycles. The first kappa shape index (κ1) is 27.6. The summed E-state index contributed by atoms with van der Waals surface area (Å²) in [6, 6.07) is -0.947. The normalized spacial score (nSPS) is 24.7. The molecule has 1 aromatic heterocycles. The van der Waals surface area contributed by atoms with Crippen molar-refractivity contribution >= 4 is 57.9 Å². The molecule has 2 amide bonds. The van der Waals surface area contributed by atoms with Crippen molar-refractivity contribution in [3.8, 4) is 0 Å². The van der Waals surface area contributed by atoms with Crippen LogP contribution in [0.5, 0.6) is 0 Å². The lowest BCUT2D eigenvalue weighted by molar-refractivity contribution is -0.173. The Morgan fingerprint density at radius 1 is 1.29 bits per heavy atom. The van der Waals surface area contributed by atoms with Crippen molar-refractivity contribution in [1.82, 2.24) is 19.6 Å². The molecule has 3 N–H and O–H groups in total. The third-order valence-corrected chi connectivity index (χ3v) is 7.52. The van der Waals surface area contributed by atoms with E-state index in [9.17, 15) is 19.2 Å². The highest BCUT2D eigenvalue weighted by Gasteiger charge is 2.54. The van der Waals surface area contributed by atoms with Gasteiger partial charge >= 0.3 is 11.9 Å². The van der Waals surface area contributed by atoms with Gasteiger partial charge in [-0.3, -0.25) is 19.3 Å². The number of anilines is 1. The summed E-state index contributed by atoms with van der Waals surface area (Å²) in [5.41, 5.74) is 4.72. The van der Waals surface area contributed by atoms with Gasteiger partial charge in [0, 0.05) is 16.8 Å². The van der Waals surface area contributed by atoms with Crippen molar-refractivity contribution in [2.75, 3.05) is 12.5 Å². The van der Waals surface area contributed by atoms with Crippen LogP contribution in [0.1, 0.15) is 46.4 Å². The minimum absolute atomic E-state index is 0.0164. The van der Waals surface area contributed by atoms with E-state index >= 15 is 0 Å². The number of hydrogen-bond acceptors (Lipinski definition) is 13. The molecule has 13 nitrogen and oxygen atoms in total. The van der Waals surface area contributed by atoms with Crippen LogP contribution >= 0.6 is 23.3 Å².